The first-order valence-corrected chi connectivity index (χ1v) is 8.36. The highest BCUT2D eigenvalue weighted by Crippen LogP contribution is 2.19. The minimum Gasteiger partial charge on any atom is -0.352 e. The van der Waals surface area contributed by atoms with Crippen LogP contribution in [0.15, 0.2) is 48.8 Å². The second-order valence-electron chi connectivity index (χ2n) is 6.26. The van der Waals surface area contributed by atoms with Gasteiger partial charge in [-0.05, 0) is 50.0 Å². The van der Waals surface area contributed by atoms with Crippen molar-refractivity contribution in [1.29, 1.82) is 0 Å². The Morgan fingerprint density at radius 3 is 2.71 bits per heavy atom. The first-order valence-electron chi connectivity index (χ1n) is 8.36. The molecule has 1 aliphatic rings. The van der Waals surface area contributed by atoms with E-state index in [0.717, 1.165) is 31.5 Å². The third-order valence-corrected chi connectivity index (χ3v) is 4.53. The van der Waals surface area contributed by atoms with Gasteiger partial charge in [-0.25, -0.2) is 4.39 Å². The average molecular weight is 327 g/mol. The van der Waals surface area contributed by atoms with Crippen LogP contribution in [0.2, 0.25) is 0 Å². The van der Waals surface area contributed by atoms with Gasteiger partial charge in [-0.1, -0.05) is 18.2 Å². The van der Waals surface area contributed by atoms with Gasteiger partial charge in [-0.2, -0.15) is 0 Å². The third kappa shape index (κ3) is 4.38. The lowest BCUT2D eigenvalue weighted by atomic mass is 9.96. The van der Waals surface area contributed by atoms with E-state index in [2.05, 4.69) is 15.2 Å². The van der Waals surface area contributed by atoms with Gasteiger partial charge in [0, 0.05) is 31.0 Å². The maximum atomic E-state index is 13.7. The monoisotopic (exact) mass is 327 g/mol. The zero-order chi connectivity index (χ0) is 16.8. The normalized spacial score (nSPS) is 16.0. The quantitative estimate of drug-likeness (QED) is 0.918. The maximum Gasteiger partial charge on any atom is 0.252 e. The molecule has 0 bridgehead atoms. The topological polar surface area (TPSA) is 45.2 Å². The summed E-state index contributed by atoms with van der Waals surface area (Å²) in [5.74, 6) is 0.266. The highest BCUT2D eigenvalue weighted by atomic mass is 19.1. The summed E-state index contributed by atoms with van der Waals surface area (Å²) in [6, 6.07) is 10.5. The third-order valence-electron chi connectivity index (χ3n) is 4.53. The van der Waals surface area contributed by atoms with E-state index in [0.29, 0.717) is 24.6 Å². The fourth-order valence-electron chi connectivity index (χ4n) is 3.05. The van der Waals surface area contributed by atoms with Crippen LogP contribution in [0, 0.1) is 11.7 Å². The molecule has 126 valence electrons. The van der Waals surface area contributed by atoms with Crippen LogP contribution in [-0.4, -0.2) is 35.4 Å². The van der Waals surface area contributed by atoms with E-state index < -0.39 is 0 Å². The number of carbonyl (C=O) groups excluding carboxylic acids is 1. The minimum atomic E-state index is -0.136. The number of likely N-dealkylation sites (tertiary alicyclic amines) is 1. The van der Waals surface area contributed by atoms with Gasteiger partial charge >= 0.3 is 0 Å². The molecule has 3 rings (SSSR count). The molecule has 0 spiro atoms. The maximum absolute atomic E-state index is 13.7. The summed E-state index contributed by atoms with van der Waals surface area (Å²) in [5, 5.41) is 2.98. The van der Waals surface area contributed by atoms with Crippen molar-refractivity contribution in [2.24, 2.45) is 5.92 Å². The Hall–Kier alpha value is -2.27. The highest BCUT2D eigenvalue weighted by Gasteiger charge is 2.20. The molecule has 0 unspecified atom stereocenters. The van der Waals surface area contributed by atoms with Crippen LogP contribution in [0.1, 0.15) is 28.8 Å². The number of halogens is 1. The average Bonchev–Trinajstić information content (AvgIpc) is 2.63. The molecule has 0 radical (unpaired) electrons. The van der Waals surface area contributed by atoms with Gasteiger partial charge < -0.3 is 5.32 Å². The lowest BCUT2D eigenvalue weighted by Crippen LogP contribution is -2.38. The molecule has 1 aliphatic heterocycles. The van der Waals surface area contributed by atoms with Gasteiger partial charge in [0.05, 0.1) is 5.56 Å². The summed E-state index contributed by atoms with van der Waals surface area (Å²) in [6.07, 6.45) is 5.26. The van der Waals surface area contributed by atoms with Crippen molar-refractivity contribution in [1.82, 2.24) is 15.2 Å². The predicted molar refractivity (Wildman–Crippen MR) is 91.0 cm³/mol. The van der Waals surface area contributed by atoms with Crippen LogP contribution >= 0.6 is 0 Å². The highest BCUT2D eigenvalue weighted by molar-refractivity contribution is 5.93. The standard InChI is InChI=1S/C19H22FN3O/c20-18-6-2-1-4-17(18)14-23-10-7-15(8-11-23)12-22-19(24)16-5-3-9-21-13-16/h1-6,9,13,15H,7-8,10-12,14H2,(H,22,24). The summed E-state index contributed by atoms with van der Waals surface area (Å²) in [7, 11) is 0. The minimum absolute atomic E-state index is 0.0723. The Morgan fingerprint density at radius 2 is 2.00 bits per heavy atom. The number of carbonyl (C=O) groups is 1. The number of rotatable bonds is 5. The van der Waals surface area contributed by atoms with E-state index in [1.165, 1.54) is 6.07 Å². The molecule has 1 aromatic carbocycles. The van der Waals surface area contributed by atoms with Gasteiger partial charge in [-0.15, -0.1) is 0 Å². The molecule has 2 heterocycles. The molecule has 1 saturated heterocycles. The predicted octanol–water partition coefficient (Wildman–Crippen LogP) is 2.86. The molecular weight excluding hydrogens is 305 g/mol. The molecule has 24 heavy (non-hydrogen) atoms. The summed E-state index contributed by atoms with van der Waals surface area (Å²) in [5.41, 5.74) is 1.34. The molecule has 4 nitrogen and oxygen atoms in total. The van der Waals surface area contributed by atoms with Crippen molar-refractivity contribution in [2.75, 3.05) is 19.6 Å². The van der Waals surface area contributed by atoms with Crippen LogP contribution in [0.3, 0.4) is 0 Å². The smallest absolute Gasteiger partial charge is 0.252 e. The van der Waals surface area contributed by atoms with Crippen LogP contribution < -0.4 is 5.32 Å². The SMILES string of the molecule is O=C(NCC1CCN(Cc2ccccc2F)CC1)c1cccnc1. The first-order chi connectivity index (χ1) is 11.7. The van der Waals surface area contributed by atoms with Crippen molar-refractivity contribution >= 4 is 5.91 Å². The van der Waals surface area contributed by atoms with Crippen molar-refractivity contribution < 1.29 is 9.18 Å². The van der Waals surface area contributed by atoms with Crippen molar-refractivity contribution in [3.8, 4) is 0 Å². The number of hydrogen-bond donors (Lipinski definition) is 1. The second kappa shape index (κ2) is 8.02. The summed E-state index contributed by atoms with van der Waals surface area (Å²) in [4.78, 5) is 18.3. The molecule has 5 heteroatoms. The Morgan fingerprint density at radius 1 is 1.21 bits per heavy atom. The number of benzene rings is 1. The van der Waals surface area contributed by atoms with Gasteiger partial charge in [0.15, 0.2) is 0 Å². The summed E-state index contributed by atoms with van der Waals surface area (Å²) in [6.45, 7) is 3.20. The number of pyridine rings is 1. The molecule has 1 fully saturated rings. The number of aromatic nitrogens is 1. The Labute approximate surface area is 141 Å². The van der Waals surface area contributed by atoms with Crippen molar-refractivity contribution in [3.63, 3.8) is 0 Å². The number of piperidine rings is 1. The van der Waals surface area contributed by atoms with E-state index in [1.54, 1.807) is 30.6 Å². The molecular formula is C19H22FN3O. The van der Waals surface area contributed by atoms with E-state index in [-0.39, 0.29) is 11.7 Å². The summed E-state index contributed by atoms with van der Waals surface area (Å²) >= 11 is 0. The van der Waals surface area contributed by atoms with Gasteiger partial charge in [0.2, 0.25) is 0 Å². The Balaban J connectivity index is 1.42. The van der Waals surface area contributed by atoms with Gasteiger partial charge in [-0.3, -0.25) is 14.7 Å². The van der Waals surface area contributed by atoms with Crippen molar-refractivity contribution in [2.45, 2.75) is 19.4 Å². The van der Waals surface area contributed by atoms with E-state index >= 15 is 0 Å². The lowest BCUT2D eigenvalue weighted by molar-refractivity contribution is 0.0934. The fraction of sp³-hybridized carbons (Fsp3) is 0.368. The zero-order valence-electron chi connectivity index (χ0n) is 13.6. The first kappa shape index (κ1) is 16.6. The number of nitrogens with zero attached hydrogens (tertiary/aromatic N) is 2. The Kier molecular flexibility index (Phi) is 5.54. The van der Waals surface area contributed by atoms with Crippen LogP contribution in [-0.2, 0) is 6.54 Å². The molecule has 0 aliphatic carbocycles. The van der Waals surface area contributed by atoms with Crippen molar-refractivity contribution in [3.05, 3.63) is 65.7 Å². The summed E-state index contributed by atoms with van der Waals surface area (Å²) < 4.78 is 13.7. The van der Waals surface area contributed by atoms with Crippen LogP contribution in [0.5, 0.6) is 0 Å². The number of amides is 1. The molecule has 0 atom stereocenters. The second-order valence-corrected chi connectivity index (χ2v) is 6.26. The Bertz CT molecular complexity index is 669. The fourth-order valence-corrected chi connectivity index (χ4v) is 3.05. The molecule has 0 saturated carbocycles. The number of hydrogen-bond acceptors (Lipinski definition) is 3. The van der Waals surface area contributed by atoms with E-state index in [4.69, 9.17) is 0 Å². The van der Waals surface area contributed by atoms with Crippen LogP contribution in [0.25, 0.3) is 0 Å². The van der Waals surface area contributed by atoms with E-state index in [9.17, 15) is 9.18 Å². The van der Waals surface area contributed by atoms with E-state index in [1.807, 2.05) is 12.1 Å². The zero-order valence-corrected chi connectivity index (χ0v) is 13.6. The molecule has 1 aromatic heterocycles. The van der Waals surface area contributed by atoms with Gasteiger partial charge in [0.1, 0.15) is 5.82 Å². The lowest BCUT2D eigenvalue weighted by Gasteiger charge is -2.32. The van der Waals surface area contributed by atoms with Gasteiger partial charge in [0.25, 0.3) is 5.91 Å². The van der Waals surface area contributed by atoms with Crippen LogP contribution in [0.4, 0.5) is 4.39 Å². The molecule has 1 N–H and O–H groups in total. The number of nitrogens with one attached hydrogen (secondary N) is 1. The largest absolute Gasteiger partial charge is 0.352 e. The molecule has 1 amide bonds. The molecule has 2 aromatic rings.